The molecule has 0 heterocycles. The summed E-state index contributed by atoms with van der Waals surface area (Å²) in [5.41, 5.74) is 0.633. The molecule has 2 aromatic carbocycles. The smallest absolute Gasteiger partial charge is 0.280 e. The summed E-state index contributed by atoms with van der Waals surface area (Å²) in [6.45, 7) is 3.83. The number of hydrazone groups is 1. The second kappa shape index (κ2) is 9.32. The molecular formula is C19H24N2O6S. The molecule has 0 spiro atoms. The van der Waals surface area contributed by atoms with Crippen molar-refractivity contribution in [1.82, 2.24) is 4.83 Å². The minimum atomic E-state index is -3.95. The van der Waals surface area contributed by atoms with Crippen molar-refractivity contribution in [2.75, 3.05) is 21.3 Å². The first-order valence-corrected chi connectivity index (χ1v) is 9.90. The van der Waals surface area contributed by atoms with E-state index in [-0.39, 0.29) is 16.7 Å². The summed E-state index contributed by atoms with van der Waals surface area (Å²) in [4.78, 5) is 2.09. The molecule has 0 unspecified atom stereocenters. The van der Waals surface area contributed by atoms with Crippen LogP contribution < -0.4 is 23.8 Å². The van der Waals surface area contributed by atoms with Crippen LogP contribution >= 0.6 is 0 Å². The fourth-order valence-corrected chi connectivity index (χ4v) is 3.31. The number of ether oxygens (including phenoxy) is 4. The van der Waals surface area contributed by atoms with Gasteiger partial charge in [0.05, 0.1) is 33.6 Å². The summed E-state index contributed by atoms with van der Waals surface area (Å²) in [6.07, 6.45) is 1.37. The molecule has 0 bridgehead atoms. The first kappa shape index (κ1) is 21.4. The van der Waals surface area contributed by atoms with Crippen LogP contribution in [0.2, 0.25) is 0 Å². The number of nitrogens with zero attached hydrogens (tertiary/aromatic N) is 1. The van der Waals surface area contributed by atoms with Gasteiger partial charge in [-0.1, -0.05) is 0 Å². The van der Waals surface area contributed by atoms with Gasteiger partial charge in [-0.15, -0.1) is 0 Å². The molecule has 0 atom stereocenters. The molecule has 0 amide bonds. The third-order valence-electron chi connectivity index (χ3n) is 3.60. The number of hydrogen-bond donors (Lipinski definition) is 1. The van der Waals surface area contributed by atoms with Crippen molar-refractivity contribution in [3.8, 4) is 23.0 Å². The predicted octanol–water partition coefficient (Wildman–Crippen LogP) is 2.81. The molecule has 0 aromatic heterocycles. The molecule has 8 nitrogen and oxygen atoms in total. The maximum atomic E-state index is 12.6. The minimum Gasteiger partial charge on any atom is -0.497 e. The van der Waals surface area contributed by atoms with E-state index in [0.717, 1.165) is 0 Å². The zero-order chi connectivity index (χ0) is 20.7. The monoisotopic (exact) mass is 408 g/mol. The molecule has 152 valence electrons. The Labute approximate surface area is 165 Å². The van der Waals surface area contributed by atoms with E-state index in [1.54, 1.807) is 24.3 Å². The summed E-state index contributed by atoms with van der Waals surface area (Å²) in [7, 11) is 0.409. The van der Waals surface area contributed by atoms with Crippen LogP contribution in [0.4, 0.5) is 0 Å². The van der Waals surface area contributed by atoms with Crippen molar-refractivity contribution < 1.29 is 27.4 Å². The lowest BCUT2D eigenvalue weighted by Gasteiger charge is -2.13. The van der Waals surface area contributed by atoms with Crippen molar-refractivity contribution in [3.05, 3.63) is 42.0 Å². The molecule has 0 aliphatic rings. The number of sulfonamides is 1. The van der Waals surface area contributed by atoms with Crippen molar-refractivity contribution in [3.63, 3.8) is 0 Å². The topological polar surface area (TPSA) is 95.5 Å². The molecule has 2 rings (SSSR count). The van der Waals surface area contributed by atoms with Crippen LogP contribution in [0, 0.1) is 0 Å². The van der Waals surface area contributed by atoms with E-state index in [1.807, 2.05) is 13.8 Å². The van der Waals surface area contributed by atoms with Crippen LogP contribution in [-0.4, -0.2) is 42.1 Å². The van der Waals surface area contributed by atoms with Crippen molar-refractivity contribution in [2.45, 2.75) is 24.8 Å². The minimum absolute atomic E-state index is 0.00179. The Morgan fingerprint density at radius 3 is 2.21 bits per heavy atom. The highest BCUT2D eigenvalue weighted by atomic mass is 32.2. The highest BCUT2D eigenvalue weighted by Gasteiger charge is 2.20. The number of hydrogen-bond acceptors (Lipinski definition) is 7. The first-order chi connectivity index (χ1) is 13.3. The van der Waals surface area contributed by atoms with Gasteiger partial charge in [0.1, 0.15) is 16.4 Å². The van der Waals surface area contributed by atoms with Crippen LogP contribution in [0.15, 0.2) is 46.4 Å². The quantitative estimate of drug-likeness (QED) is 0.506. The molecule has 0 radical (unpaired) electrons. The average Bonchev–Trinajstić information content (AvgIpc) is 2.67. The fourth-order valence-electron chi connectivity index (χ4n) is 2.33. The summed E-state index contributed by atoms with van der Waals surface area (Å²) < 4.78 is 46.3. The van der Waals surface area contributed by atoms with Gasteiger partial charge in [-0.05, 0) is 49.7 Å². The molecule has 0 saturated carbocycles. The third-order valence-corrected chi connectivity index (χ3v) is 4.84. The van der Waals surface area contributed by atoms with Gasteiger partial charge in [0, 0.05) is 6.07 Å². The fraction of sp³-hybridized carbons (Fsp3) is 0.316. The number of nitrogens with one attached hydrogen (secondary N) is 1. The molecule has 0 aliphatic heterocycles. The molecule has 0 fully saturated rings. The van der Waals surface area contributed by atoms with Crippen LogP contribution in [0.3, 0.4) is 0 Å². The van der Waals surface area contributed by atoms with Gasteiger partial charge < -0.3 is 18.9 Å². The lowest BCUT2D eigenvalue weighted by atomic mass is 10.2. The van der Waals surface area contributed by atoms with Gasteiger partial charge in [-0.2, -0.15) is 18.4 Å². The number of methoxy groups -OCH3 is 3. The largest absolute Gasteiger partial charge is 0.497 e. The molecule has 2 aromatic rings. The Morgan fingerprint density at radius 1 is 0.929 bits per heavy atom. The average molecular weight is 408 g/mol. The van der Waals surface area contributed by atoms with Crippen LogP contribution in [0.5, 0.6) is 23.0 Å². The van der Waals surface area contributed by atoms with E-state index in [4.69, 9.17) is 18.9 Å². The Morgan fingerprint density at radius 2 is 1.61 bits per heavy atom. The van der Waals surface area contributed by atoms with Gasteiger partial charge in [0.15, 0.2) is 11.5 Å². The predicted molar refractivity (Wildman–Crippen MR) is 106 cm³/mol. The van der Waals surface area contributed by atoms with Gasteiger partial charge in [0.25, 0.3) is 10.0 Å². The Balaban J connectivity index is 2.22. The van der Waals surface area contributed by atoms with E-state index in [0.29, 0.717) is 22.8 Å². The molecule has 0 aliphatic carbocycles. The second-order valence-electron chi connectivity index (χ2n) is 5.95. The molecule has 9 heteroatoms. The van der Waals surface area contributed by atoms with E-state index in [2.05, 4.69) is 9.93 Å². The van der Waals surface area contributed by atoms with Crippen molar-refractivity contribution in [2.24, 2.45) is 5.10 Å². The molecule has 1 N–H and O–H groups in total. The van der Waals surface area contributed by atoms with E-state index in [9.17, 15) is 8.42 Å². The summed E-state index contributed by atoms with van der Waals surface area (Å²) in [5.74, 6) is 1.68. The maximum Gasteiger partial charge on any atom is 0.280 e. The first-order valence-electron chi connectivity index (χ1n) is 8.42. The van der Waals surface area contributed by atoms with Crippen LogP contribution in [0.25, 0.3) is 0 Å². The Bertz CT molecular complexity index is 941. The SMILES string of the molecule is COc1ccc(OC)c(S(=O)(=O)NN=Cc2ccc(OC(C)C)c(OC)c2)c1. The third kappa shape index (κ3) is 5.29. The molecular weight excluding hydrogens is 384 g/mol. The lowest BCUT2D eigenvalue weighted by Crippen LogP contribution is -2.19. The lowest BCUT2D eigenvalue weighted by molar-refractivity contribution is 0.230. The Kier molecular flexibility index (Phi) is 7.11. The summed E-state index contributed by atoms with van der Waals surface area (Å²) in [6, 6.07) is 9.65. The normalized spacial score (nSPS) is 11.5. The second-order valence-corrected chi connectivity index (χ2v) is 7.58. The van der Waals surface area contributed by atoms with Gasteiger partial charge in [-0.25, -0.2) is 0 Å². The zero-order valence-electron chi connectivity index (χ0n) is 16.4. The molecule has 28 heavy (non-hydrogen) atoms. The summed E-state index contributed by atoms with van der Waals surface area (Å²) >= 11 is 0. The van der Waals surface area contributed by atoms with Gasteiger partial charge >= 0.3 is 0 Å². The van der Waals surface area contributed by atoms with Crippen molar-refractivity contribution in [1.29, 1.82) is 0 Å². The highest BCUT2D eigenvalue weighted by molar-refractivity contribution is 7.89. The van der Waals surface area contributed by atoms with Crippen molar-refractivity contribution >= 4 is 16.2 Å². The summed E-state index contributed by atoms with van der Waals surface area (Å²) in [5, 5.41) is 3.83. The van der Waals surface area contributed by atoms with Crippen LogP contribution in [0.1, 0.15) is 19.4 Å². The van der Waals surface area contributed by atoms with Crippen LogP contribution in [-0.2, 0) is 10.0 Å². The highest BCUT2D eigenvalue weighted by Crippen LogP contribution is 2.29. The number of rotatable bonds is 9. The van der Waals surface area contributed by atoms with Gasteiger partial charge in [0.2, 0.25) is 0 Å². The van der Waals surface area contributed by atoms with E-state index < -0.39 is 10.0 Å². The van der Waals surface area contributed by atoms with E-state index >= 15 is 0 Å². The maximum absolute atomic E-state index is 12.6. The zero-order valence-corrected chi connectivity index (χ0v) is 17.2. The number of benzene rings is 2. The Hall–Kier alpha value is -2.94. The van der Waals surface area contributed by atoms with E-state index in [1.165, 1.54) is 39.7 Å². The standard InChI is InChI=1S/C19H24N2O6S/c1-13(2)27-16-8-6-14(10-18(16)26-5)12-20-21-28(22,23)19-11-15(24-3)7-9-17(19)25-4/h6-13,21H,1-5H3. The molecule has 0 saturated heterocycles. The van der Waals surface area contributed by atoms with Gasteiger partial charge in [-0.3, -0.25) is 0 Å².